The lowest BCUT2D eigenvalue weighted by Gasteiger charge is -2.42. The van der Waals surface area contributed by atoms with Crippen molar-refractivity contribution < 1.29 is 4.74 Å². The number of benzene rings is 2. The van der Waals surface area contributed by atoms with Crippen molar-refractivity contribution in [2.75, 3.05) is 25.4 Å². The van der Waals surface area contributed by atoms with Crippen LogP contribution in [0, 0.1) is 12.8 Å². The maximum atomic E-state index is 6.43. The Morgan fingerprint density at radius 1 is 1.03 bits per heavy atom. The Labute approximate surface area is 200 Å². The molecule has 0 spiro atoms. The van der Waals surface area contributed by atoms with E-state index in [4.69, 9.17) is 15.5 Å². The van der Waals surface area contributed by atoms with Crippen LogP contribution in [-0.2, 0) is 6.61 Å². The van der Waals surface area contributed by atoms with Crippen molar-refractivity contribution in [3.05, 3.63) is 72.2 Å². The van der Waals surface area contributed by atoms with E-state index in [1.165, 1.54) is 44.6 Å². The monoisotopic (exact) mass is 453 g/mol. The first-order valence-electron chi connectivity index (χ1n) is 12.3. The molecule has 6 rings (SSSR count). The van der Waals surface area contributed by atoms with Crippen molar-refractivity contribution in [3.8, 4) is 16.9 Å². The van der Waals surface area contributed by atoms with Gasteiger partial charge >= 0.3 is 0 Å². The van der Waals surface area contributed by atoms with Crippen LogP contribution in [0.15, 0.2) is 60.9 Å². The van der Waals surface area contributed by atoms with Crippen LogP contribution in [0.25, 0.3) is 22.2 Å². The maximum absolute atomic E-state index is 6.43. The number of nitrogen functional groups attached to an aromatic ring is 1. The summed E-state index contributed by atoms with van der Waals surface area (Å²) in [5.41, 5.74) is 11.9. The molecule has 2 fully saturated rings. The number of nitrogens with zero attached hydrogens (tertiary/aromatic N) is 4. The van der Waals surface area contributed by atoms with Gasteiger partial charge in [0.25, 0.3) is 0 Å². The topological polar surface area (TPSA) is 69.2 Å². The fourth-order valence-electron chi connectivity index (χ4n) is 5.54. The Balaban J connectivity index is 1.31. The summed E-state index contributed by atoms with van der Waals surface area (Å²) < 4.78 is 8.53. The lowest BCUT2D eigenvalue weighted by Crippen LogP contribution is -2.44. The van der Waals surface area contributed by atoms with Crippen molar-refractivity contribution in [3.63, 3.8) is 0 Å². The van der Waals surface area contributed by atoms with Gasteiger partial charge in [0.2, 0.25) is 0 Å². The second-order valence-electron chi connectivity index (χ2n) is 9.74. The summed E-state index contributed by atoms with van der Waals surface area (Å²) in [6.07, 6.45) is 5.34. The molecule has 2 aliphatic rings. The number of aromatic nitrogens is 3. The zero-order valence-electron chi connectivity index (χ0n) is 19.7. The van der Waals surface area contributed by atoms with E-state index in [1.54, 1.807) is 6.33 Å². The Morgan fingerprint density at radius 3 is 2.62 bits per heavy atom. The molecule has 1 aliphatic carbocycles. The molecule has 0 unspecified atom stereocenters. The fourth-order valence-corrected chi connectivity index (χ4v) is 5.54. The molecule has 2 aromatic carbocycles. The highest BCUT2D eigenvalue weighted by atomic mass is 16.5. The smallest absolute Gasteiger partial charge is 0.146 e. The van der Waals surface area contributed by atoms with E-state index in [1.807, 2.05) is 30.3 Å². The number of fused-ring (bicyclic) bond motifs is 1. The van der Waals surface area contributed by atoms with E-state index < -0.39 is 0 Å². The van der Waals surface area contributed by atoms with E-state index in [2.05, 4.69) is 45.6 Å². The Morgan fingerprint density at radius 2 is 1.85 bits per heavy atom. The molecule has 1 saturated heterocycles. The molecule has 2 N–H and O–H groups in total. The summed E-state index contributed by atoms with van der Waals surface area (Å²) in [6.45, 7) is 6.50. The zero-order chi connectivity index (χ0) is 23.1. The SMILES string of the molecule is Cc1c(-c2cccc(OCc3ccccc3)c2)c2c(N)ncnc2n1[C@H]1C[C@@H](CN2CCC2)C1. The van der Waals surface area contributed by atoms with E-state index >= 15 is 0 Å². The minimum absolute atomic E-state index is 0.467. The molecule has 0 atom stereocenters. The molecule has 3 heterocycles. The molecule has 6 nitrogen and oxygen atoms in total. The Hall–Kier alpha value is -3.38. The summed E-state index contributed by atoms with van der Waals surface area (Å²) in [4.78, 5) is 11.6. The fraction of sp³-hybridized carbons (Fsp3) is 0.357. The van der Waals surface area contributed by atoms with Crippen molar-refractivity contribution in [1.29, 1.82) is 0 Å². The van der Waals surface area contributed by atoms with Gasteiger partial charge < -0.3 is 19.9 Å². The number of nitrogens with two attached hydrogens (primary N) is 1. The number of hydrogen-bond donors (Lipinski definition) is 1. The average Bonchev–Trinajstić information content (AvgIpc) is 3.09. The average molecular weight is 454 g/mol. The summed E-state index contributed by atoms with van der Waals surface area (Å²) in [6, 6.07) is 19.0. The predicted molar refractivity (Wildman–Crippen MR) is 136 cm³/mol. The van der Waals surface area contributed by atoms with E-state index in [9.17, 15) is 0 Å². The van der Waals surface area contributed by atoms with E-state index in [0.717, 1.165) is 39.4 Å². The van der Waals surface area contributed by atoms with Crippen molar-refractivity contribution in [2.24, 2.45) is 5.92 Å². The lowest BCUT2D eigenvalue weighted by atomic mass is 9.79. The van der Waals surface area contributed by atoms with Gasteiger partial charge in [0.15, 0.2) is 0 Å². The molecule has 0 bridgehead atoms. The molecule has 34 heavy (non-hydrogen) atoms. The number of likely N-dealkylation sites (tertiary alicyclic amines) is 1. The molecule has 174 valence electrons. The van der Waals surface area contributed by atoms with E-state index in [-0.39, 0.29) is 0 Å². The summed E-state index contributed by atoms with van der Waals surface area (Å²) in [5, 5.41) is 0.950. The lowest BCUT2D eigenvalue weighted by molar-refractivity contribution is 0.0915. The highest BCUT2D eigenvalue weighted by Crippen LogP contribution is 2.45. The Kier molecular flexibility index (Phi) is 5.46. The van der Waals surface area contributed by atoms with Gasteiger partial charge in [0.1, 0.15) is 30.1 Å². The van der Waals surface area contributed by atoms with Crippen LogP contribution in [0.4, 0.5) is 5.82 Å². The summed E-state index contributed by atoms with van der Waals surface area (Å²) >= 11 is 0. The van der Waals surface area contributed by atoms with Crippen LogP contribution >= 0.6 is 0 Å². The number of rotatable bonds is 7. The summed E-state index contributed by atoms with van der Waals surface area (Å²) in [7, 11) is 0. The third kappa shape index (κ3) is 3.82. The van der Waals surface area contributed by atoms with Gasteiger partial charge in [-0.25, -0.2) is 9.97 Å². The third-order valence-corrected chi connectivity index (χ3v) is 7.47. The van der Waals surface area contributed by atoms with Gasteiger partial charge in [0.05, 0.1) is 5.39 Å². The normalized spacial score (nSPS) is 20.1. The zero-order valence-corrected chi connectivity index (χ0v) is 19.7. The standard InChI is InChI=1S/C28H31N5O/c1-19-25(22-9-5-10-24(15-22)34-17-20-7-3-2-4-8-20)26-27(29)30-18-31-28(26)33(19)23-13-21(14-23)16-32-11-6-12-32/h2-5,7-10,15,18,21,23H,6,11-14,16-17H2,1H3,(H2,29,30,31)/t21-,23+. The molecule has 0 amide bonds. The molecule has 1 saturated carbocycles. The minimum Gasteiger partial charge on any atom is -0.489 e. The minimum atomic E-state index is 0.467. The van der Waals surface area contributed by atoms with Crippen LogP contribution < -0.4 is 10.5 Å². The second kappa shape index (κ2) is 8.76. The first-order valence-corrected chi connectivity index (χ1v) is 12.3. The van der Waals surface area contributed by atoms with Gasteiger partial charge in [-0.3, -0.25) is 0 Å². The molecular formula is C28H31N5O. The summed E-state index contributed by atoms with van der Waals surface area (Å²) in [5.74, 6) is 2.16. The van der Waals surface area contributed by atoms with Gasteiger partial charge in [-0.15, -0.1) is 0 Å². The molecule has 6 heteroatoms. The largest absolute Gasteiger partial charge is 0.489 e. The molecular weight excluding hydrogens is 422 g/mol. The van der Waals surface area contributed by atoms with Crippen LogP contribution in [0.3, 0.4) is 0 Å². The van der Waals surface area contributed by atoms with Crippen LogP contribution in [0.1, 0.15) is 36.6 Å². The molecule has 4 aromatic rings. The van der Waals surface area contributed by atoms with Crippen molar-refractivity contribution in [2.45, 2.75) is 38.8 Å². The molecule has 2 aromatic heterocycles. The van der Waals surface area contributed by atoms with Gasteiger partial charge in [-0.05, 0) is 68.5 Å². The molecule has 0 radical (unpaired) electrons. The number of anilines is 1. The molecule has 1 aliphatic heterocycles. The third-order valence-electron chi connectivity index (χ3n) is 7.47. The highest BCUT2D eigenvalue weighted by Gasteiger charge is 2.35. The van der Waals surface area contributed by atoms with Crippen LogP contribution in [0.2, 0.25) is 0 Å². The number of hydrogen-bond acceptors (Lipinski definition) is 5. The van der Waals surface area contributed by atoms with Crippen LogP contribution in [0.5, 0.6) is 5.75 Å². The first kappa shape index (κ1) is 21.2. The van der Waals surface area contributed by atoms with Crippen molar-refractivity contribution in [1.82, 2.24) is 19.4 Å². The van der Waals surface area contributed by atoms with Gasteiger partial charge in [-0.1, -0.05) is 42.5 Å². The second-order valence-corrected chi connectivity index (χ2v) is 9.74. The first-order chi connectivity index (χ1) is 16.7. The van der Waals surface area contributed by atoms with E-state index in [0.29, 0.717) is 18.5 Å². The quantitative estimate of drug-likeness (QED) is 0.415. The maximum Gasteiger partial charge on any atom is 0.146 e. The van der Waals surface area contributed by atoms with Gasteiger partial charge in [-0.2, -0.15) is 0 Å². The van der Waals surface area contributed by atoms with Crippen molar-refractivity contribution >= 4 is 16.9 Å². The Bertz CT molecular complexity index is 1310. The van der Waals surface area contributed by atoms with Gasteiger partial charge in [0, 0.05) is 23.8 Å². The number of ether oxygens (including phenoxy) is 1. The predicted octanol–water partition coefficient (Wildman–Crippen LogP) is 5.22. The van der Waals surface area contributed by atoms with Crippen LogP contribution in [-0.4, -0.2) is 39.1 Å². The highest BCUT2D eigenvalue weighted by molar-refractivity contribution is 6.02.